The molecule has 1 aliphatic rings. The Morgan fingerprint density at radius 2 is 1.85 bits per heavy atom. The summed E-state index contributed by atoms with van der Waals surface area (Å²) in [6, 6.07) is 0. The SMILES string of the molecule is CC(C)(C)C1=CCC(=O)C(C)(C)C1. The molecule has 0 bridgehead atoms. The molecule has 0 amide bonds. The van der Waals surface area contributed by atoms with E-state index >= 15 is 0 Å². The summed E-state index contributed by atoms with van der Waals surface area (Å²) < 4.78 is 0. The summed E-state index contributed by atoms with van der Waals surface area (Å²) in [5, 5.41) is 0. The van der Waals surface area contributed by atoms with Crippen LogP contribution in [0.5, 0.6) is 0 Å². The number of rotatable bonds is 0. The summed E-state index contributed by atoms with van der Waals surface area (Å²) in [4.78, 5) is 11.5. The molecule has 74 valence electrons. The minimum atomic E-state index is -0.142. The topological polar surface area (TPSA) is 17.1 Å². The molecule has 0 atom stereocenters. The first kappa shape index (κ1) is 10.5. The molecule has 1 nitrogen and oxygen atoms in total. The molecule has 0 spiro atoms. The summed E-state index contributed by atoms with van der Waals surface area (Å²) in [5.41, 5.74) is 1.51. The van der Waals surface area contributed by atoms with Gasteiger partial charge in [-0.2, -0.15) is 0 Å². The molecule has 0 fully saturated rings. The smallest absolute Gasteiger partial charge is 0.142 e. The lowest BCUT2D eigenvalue weighted by atomic mass is 9.69. The lowest BCUT2D eigenvalue weighted by Gasteiger charge is -2.34. The van der Waals surface area contributed by atoms with Gasteiger partial charge in [-0.25, -0.2) is 0 Å². The van der Waals surface area contributed by atoms with Gasteiger partial charge >= 0.3 is 0 Å². The molecule has 0 aromatic carbocycles. The van der Waals surface area contributed by atoms with Gasteiger partial charge in [0.1, 0.15) is 5.78 Å². The molecule has 0 saturated heterocycles. The maximum Gasteiger partial charge on any atom is 0.142 e. The highest BCUT2D eigenvalue weighted by atomic mass is 16.1. The Kier molecular flexibility index (Phi) is 2.40. The molecule has 13 heavy (non-hydrogen) atoms. The molecule has 0 aliphatic heterocycles. The van der Waals surface area contributed by atoms with Crippen LogP contribution in [-0.2, 0) is 4.79 Å². The summed E-state index contributed by atoms with van der Waals surface area (Å²) in [7, 11) is 0. The fraction of sp³-hybridized carbons (Fsp3) is 0.750. The second kappa shape index (κ2) is 2.97. The summed E-state index contributed by atoms with van der Waals surface area (Å²) in [6.45, 7) is 10.7. The van der Waals surface area contributed by atoms with E-state index in [1.54, 1.807) is 0 Å². The first-order valence-electron chi connectivity index (χ1n) is 4.96. The van der Waals surface area contributed by atoms with Crippen LogP contribution in [-0.4, -0.2) is 5.78 Å². The first-order valence-corrected chi connectivity index (χ1v) is 4.96. The number of hydrogen-bond donors (Lipinski definition) is 0. The van der Waals surface area contributed by atoms with Gasteiger partial charge in [0.15, 0.2) is 0 Å². The zero-order valence-corrected chi connectivity index (χ0v) is 9.40. The molecule has 0 radical (unpaired) electrons. The van der Waals surface area contributed by atoms with Gasteiger partial charge in [0, 0.05) is 11.8 Å². The summed E-state index contributed by atoms with van der Waals surface area (Å²) >= 11 is 0. The van der Waals surface area contributed by atoms with Gasteiger partial charge in [-0.05, 0) is 11.8 Å². The molecule has 0 aromatic rings. The Hall–Kier alpha value is -0.590. The standard InChI is InChI=1S/C12H20O/c1-11(2,3)9-6-7-10(13)12(4,5)8-9/h6H,7-8H2,1-5H3. The minimum absolute atomic E-state index is 0.142. The van der Waals surface area contributed by atoms with E-state index in [4.69, 9.17) is 0 Å². The highest BCUT2D eigenvalue weighted by molar-refractivity contribution is 5.87. The van der Waals surface area contributed by atoms with Crippen LogP contribution in [0, 0.1) is 10.8 Å². The fourth-order valence-corrected chi connectivity index (χ4v) is 1.71. The van der Waals surface area contributed by atoms with Crippen LogP contribution in [0.1, 0.15) is 47.5 Å². The molecule has 0 saturated carbocycles. The zero-order chi connectivity index (χ0) is 10.3. The molecule has 0 N–H and O–H groups in total. The van der Waals surface area contributed by atoms with Gasteiger partial charge in [-0.15, -0.1) is 0 Å². The third-order valence-corrected chi connectivity index (χ3v) is 2.88. The van der Waals surface area contributed by atoms with Crippen molar-refractivity contribution in [2.24, 2.45) is 10.8 Å². The highest BCUT2D eigenvalue weighted by Crippen LogP contribution is 2.40. The Balaban J connectivity index is 2.90. The van der Waals surface area contributed by atoms with Gasteiger partial charge in [0.05, 0.1) is 0 Å². The van der Waals surface area contributed by atoms with Crippen molar-refractivity contribution in [2.75, 3.05) is 0 Å². The number of Topliss-reactive ketones (excluding diaryl/α,β-unsaturated/α-hetero) is 1. The first-order chi connectivity index (χ1) is 5.73. The van der Waals surface area contributed by atoms with E-state index in [0.717, 1.165) is 6.42 Å². The minimum Gasteiger partial charge on any atom is -0.299 e. The van der Waals surface area contributed by atoms with E-state index in [1.807, 2.05) is 13.8 Å². The second-order valence-corrected chi connectivity index (χ2v) is 5.67. The quantitative estimate of drug-likeness (QED) is 0.522. The molecular formula is C12H20O. The maximum absolute atomic E-state index is 11.5. The largest absolute Gasteiger partial charge is 0.299 e. The molecule has 1 heteroatoms. The van der Waals surface area contributed by atoms with Gasteiger partial charge in [0.25, 0.3) is 0 Å². The van der Waals surface area contributed by atoms with Crippen LogP contribution < -0.4 is 0 Å². The van der Waals surface area contributed by atoms with Crippen molar-refractivity contribution < 1.29 is 4.79 Å². The van der Waals surface area contributed by atoms with Gasteiger partial charge in [-0.3, -0.25) is 4.79 Å². The van der Waals surface area contributed by atoms with E-state index in [0.29, 0.717) is 12.2 Å². The molecule has 0 heterocycles. The number of ketones is 1. The third kappa shape index (κ3) is 2.20. The Bertz CT molecular complexity index is 251. The Morgan fingerprint density at radius 1 is 1.31 bits per heavy atom. The van der Waals surface area contributed by atoms with E-state index in [-0.39, 0.29) is 10.8 Å². The molecule has 1 aliphatic carbocycles. The van der Waals surface area contributed by atoms with Crippen LogP contribution in [0.2, 0.25) is 0 Å². The van der Waals surface area contributed by atoms with Crippen LogP contribution in [0.3, 0.4) is 0 Å². The Labute approximate surface area is 81.2 Å². The summed E-state index contributed by atoms with van der Waals surface area (Å²) in [6.07, 6.45) is 3.67. The van der Waals surface area contributed by atoms with Gasteiger partial charge in [-0.1, -0.05) is 46.3 Å². The molecule has 1 rings (SSSR count). The van der Waals surface area contributed by atoms with E-state index in [1.165, 1.54) is 5.57 Å². The number of hydrogen-bond acceptors (Lipinski definition) is 1. The number of carbonyl (C=O) groups excluding carboxylic acids is 1. The molecule has 0 aromatic heterocycles. The van der Waals surface area contributed by atoms with Crippen LogP contribution in [0.4, 0.5) is 0 Å². The number of carbonyl (C=O) groups is 1. The lowest BCUT2D eigenvalue weighted by Crippen LogP contribution is -2.30. The van der Waals surface area contributed by atoms with Gasteiger partial charge in [0.2, 0.25) is 0 Å². The average molecular weight is 180 g/mol. The molecule has 0 unspecified atom stereocenters. The fourth-order valence-electron chi connectivity index (χ4n) is 1.71. The normalized spacial score (nSPS) is 22.8. The van der Waals surface area contributed by atoms with Crippen molar-refractivity contribution in [3.8, 4) is 0 Å². The Morgan fingerprint density at radius 3 is 2.23 bits per heavy atom. The van der Waals surface area contributed by atoms with Gasteiger partial charge < -0.3 is 0 Å². The van der Waals surface area contributed by atoms with E-state index < -0.39 is 0 Å². The van der Waals surface area contributed by atoms with Crippen molar-refractivity contribution in [1.29, 1.82) is 0 Å². The maximum atomic E-state index is 11.5. The molecular weight excluding hydrogens is 160 g/mol. The zero-order valence-electron chi connectivity index (χ0n) is 9.40. The monoisotopic (exact) mass is 180 g/mol. The van der Waals surface area contributed by atoms with Crippen LogP contribution in [0.15, 0.2) is 11.6 Å². The third-order valence-electron chi connectivity index (χ3n) is 2.88. The van der Waals surface area contributed by atoms with Crippen LogP contribution in [0.25, 0.3) is 0 Å². The highest BCUT2D eigenvalue weighted by Gasteiger charge is 2.34. The average Bonchev–Trinajstić information content (AvgIpc) is 1.92. The van der Waals surface area contributed by atoms with Crippen molar-refractivity contribution in [3.05, 3.63) is 11.6 Å². The number of allylic oxidation sites excluding steroid dienone is 2. The predicted octanol–water partition coefficient (Wildman–Crippen LogP) is 3.35. The van der Waals surface area contributed by atoms with E-state index in [9.17, 15) is 4.79 Å². The van der Waals surface area contributed by atoms with Crippen molar-refractivity contribution in [3.63, 3.8) is 0 Å². The van der Waals surface area contributed by atoms with Crippen molar-refractivity contribution in [1.82, 2.24) is 0 Å². The van der Waals surface area contributed by atoms with E-state index in [2.05, 4.69) is 26.8 Å². The summed E-state index contributed by atoms with van der Waals surface area (Å²) in [5.74, 6) is 0.375. The predicted molar refractivity (Wildman–Crippen MR) is 55.6 cm³/mol. The van der Waals surface area contributed by atoms with Crippen LogP contribution >= 0.6 is 0 Å². The lowest BCUT2D eigenvalue weighted by molar-refractivity contribution is -0.126. The van der Waals surface area contributed by atoms with Crippen molar-refractivity contribution in [2.45, 2.75) is 47.5 Å². The van der Waals surface area contributed by atoms with Crippen molar-refractivity contribution >= 4 is 5.78 Å². The second-order valence-electron chi connectivity index (χ2n) is 5.67.